The zero-order chi connectivity index (χ0) is 21.9. The maximum absolute atomic E-state index is 7.78. The molecule has 0 fully saturated rings. The van der Waals surface area contributed by atoms with Gasteiger partial charge in [0.05, 0.1) is 0 Å². The van der Waals surface area contributed by atoms with Crippen LogP contribution in [0.3, 0.4) is 0 Å². The molecule has 0 aliphatic heterocycles. The summed E-state index contributed by atoms with van der Waals surface area (Å²) in [5.74, 6) is -2.29. The van der Waals surface area contributed by atoms with Gasteiger partial charge in [-0.1, -0.05) is 0 Å². The van der Waals surface area contributed by atoms with E-state index in [1.54, 1.807) is 0 Å². The average molecular weight is 447 g/mol. The molecule has 0 saturated carbocycles. The Morgan fingerprint density at radius 2 is 0.759 bits per heavy atom. The van der Waals surface area contributed by atoms with Crippen molar-refractivity contribution in [3.63, 3.8) is 0 Å². The van der Waals surface area contributed by atoms with Crippen molar-refractivity contribution in [1.29, 1.82) is 0 Å². The molecule has 0 aliphatic rings. The van der Waals surface area contributed by atoms with E-state index >= 15 is 0 Å². The van der Waals surface area contributed by atoms with Crippen molar-refractivity contribution in [3.8, 4) is 0 Å². The Kier molecular flexibility index (Phi) is 18.4. The van der Waals surface area contributed by atoms with E-state index in [9.17, 15) is 0 Å². The molecule has 0 aliphatic carbocycles. The Balaban J connectivity index is 4.75. The second-order valence-corrected chi connectivity index (χ2v) is 17.7. The summed E-state index contributed by atoms with van der Waals surface area (Å²) in [6, 6.07) is 0. The van der Waals surface area contributed by atoms with E-state index in [-0.39, 0.29) is 0 Å². The molecule has 0 N–H and O–H groups in total. The van der Waals surface area contributed by atoms with Crippen LogP contribution in [0.2, 0.25) is 0 Å². The molecule has 176 valence electrons. The number of unbranched alkanes of at least 4 members (excludes halogenated alkanes) is 15. The SMILES string of the molecule is C=C(C)P(Cl)(CCCCCCCC)(CCCCCCCC)CCCCCCCC. The minimum atomic E-state index is -2.29. The van der Waals surface area contributed by atoms with Crippen LogP contribution < -0.4 is 0 Å². The van der Waals surface area contributed by atoms with Crippen LogP contribution in [0, 0.1) is 0 Å². The predicted molar refractivity (Wildman–Crippen MR) is 142 cm³/mol. The van der Waals surface area contributed by atoms with Gasteiger partial charge in [0.25, 0.3) is 0 Å². The Hall–Kier alpha value is 0.460. The van der Waals surface area contributed by atoms with E-state index in [1.807, 2.05) is 0 Å². The van der Waals surface area contributed by atoms with Crippen molar-refractivity contribution >= 4 is 17.2 Å². The average Bonchev–Trinajstić information content (AvgIpc) is 2.70. The summed E-state index contributed by atoms with van der Waals surface area (Å²) in [6.07, 6.45) is 28.4. The van der Waals surface area contributed by atoms with Gasteiger partial charge in [-0.15, -0.1) is 0 Å². The van der Waals surface area contributed by atoms with E-state index in [2.05, 4.69) is 34.3 Å². The summed E-state index contributed by atoms with van der Waals surface area (Å²) in [7, 11) is 0. The first-order valence-electron chi connectivity index (χ1n) is 13.3. The van der Waals surface area contributed by atoms with Gasteiger partial charge in [0.1, 0.15) is 0 Å². The zero-order valence-electron chi connectivity index (χ0n) is 20.9. The molecule has 0 heterocycles. The van der Waals surface area contributed by atoms with Gasteiger partial charge in [0.15, 0.2) is 0 Å². The Bertz CT molecular complexity index is 346. The van der Waals surface area contributed by atoms with E-state index in [1.165, 1.54) is 139 Å². The van der Waals surface area contributed by atoms with Gasteiger partial charge in [-0.25, -0.2) is 0 Å². The van der Waals surface area contributed by atoms with Gasteiger partial charge >= 0.3 is 191 Å². The predicted octanol–water partition coefficient (Wildman–Crippen LogP) is 11.3. The first kappa shape index (κ1) is 29.5. The van der Waals surface area contributed by atoms with Gasteiger partial charge in [0.2, 0.25) is 0 Å². The third-order valence-corrected chi connectivity index (χ3v) is 15.3. The molecule has 0 aromatic carbocycles. The molecule has 0 bridgehead atoms. The van der Waals surface area contributed by atoms with Crippen molar-refractivity contribution in [2.45, 2.75) is 143 Å². The summed E-state index contributed by atoms with van der Waals surface area (Å²) in [4.78, 5) is 0. The molecule has 0 aromatic heterocycles. The van der Waals surface area contributed by atoms with Crippen LogP contribution in [0.25, 0.3) is 0 Å². The van der Waals surface area contributed by atoms with Crippen molar-refractivity contribution in [3.05, 3.63) is 11.9 Å². The van der Waals surface area contributed by atoms with Crippen molar-refractivity contribution in [2.24, 2.45) is 0 Å². The van der Waals surface area contributed by atoms with Crippen LogP contribution in [-0.2, 0) is 0 Å². The molecule has 2 heteroatoms. The Morgan fingerprint density at radius 1 is 0.517 bits per heavy atom. The summed E-state index contributed by atoms with van der Waals surface area (Å²) < 4.78 is 0. The van der Waals surface area contributed by atoms with Crippen LogP contribution in [0.15, 0.2) is 11.9 Å². The monoisotopic (exact) mass is 446 g/mol. The number of hydrogen-bond donors (Lipinski definition) is 0. The van der Waals surface area contributed by atoms with E-state index in [4.69, 9.17) is 11.2 Å². The van der Waals surface area contributed by atoms with Crippen molar-refractivity contribution in [2.75, 3.05) is 18.5 Å². The van der Waals surface area contributed by atoms with Crippen LogP contribution in [0.4, 0.5) is 0 Å². The maximum atomic E-state index is 7.78. The molecule has 0 radical (unpaired) electrons. The zero-order valence-corrected chi connectivity index (χ0v) is 22.5. The normalized spacial score (nSPS) is 13.3. The second-order valence-electron chi connectivity index (χ2n) is 9.80. The number of halogens is 1. The molecule has 0 atom stereocenters. The van der Waals surface area contributed by atoms with Crippen LogP contribution >= 0.6 is 17.2 Å². The number of rotatable bonds is 22. The molecule has 0 nitrogen and oxygen atoms in total. The van der Waals surface area contributed by atoms with E-state index < -0.39 is 5.96 Å². The fraction of sp³-hybridized carbons (Fsp3) is 0.926. The minimum absolute atomic E-state index is 1.26. The van der Waals surface area contributed by atoms with Crippen molar-refractivity contribution in [1.82, 2.24) is 0 Å². The van der Waals surface area contributed by atoms with Crippen molar-refractivity contribution < 1.29 is 0 Å². The third kappa shape index (κ3) is 13.5. The number of allylic oxidation sites excluding steroid dienone is 1. The summed E-state index contributed by atoms with van der Waals surface area (Å²) >= 11 is 7.78. The molecular weight excluding hydrogens is 391 g/mol. The molecule has 0 spiro atoms. The second kappa shape index (κ2) is 18.1. The topological polar surface area (TPSA) is 0 Å². The van der Waals surface area contributed by atoms with E-state index in [0.717, 1.165) is 0 Å². The molecule has 0 rings (SSSR count). The molecule has 29 heavy (non-hydrogen) atoms. The first-order chi connectivity index (χ1) is 13.9. The Labute approximate surface area is 190 Å². The number of hydrogen-bond acceptors (Lipinski definition) is 0. The molecular formula is C27H56ClP. The van der Waals surface area contributed by atoms with Crippen LogP contribution in [0.1, 0.15) is 143 Å². The Morgan fingerprint density at radius 3 is 1.00 bits per heavy atom. The molecule has 0 amide bonds. The van der Waals surface area contributed by atoms with Gasteiger partial charge < -0.3 is 0 Å². The fourth-order valence-corrected chi connectivity index (χ4v) is 10.4. The van der Waals surface area contributed by atoms with Crippen LogP contribution in [0.5, 0.6) is 0 Å². The first-order valence-corrected chi connectivity index (χ1v) is 17.0. The summed E-state index contributed by atoms with van der Waals surface area (Å²) in [5, 5.41) is 1.37. The van der Waals surface area contributed by atoms with Gasteiger partial charge in [-0.2, -0.15) is 0 Å². The van der Waals surface area contributed by atoms with Crippen LogP contribution in [-0.4, -0.2) is 18.5 Å². The molecule has 0 aromatic rings. The van der Waals surface area contributed by atoms with E-state index in [0.29, 0.717) is 0 Å². The summed E-state index contributed by atoms with van der Waals surface area (Å²) in [5.41, 5.74) is 0. The van der Waals surface area contributed by atoms with Gasteiger partial charge in [0, 0.05) is 0 Å². The molecule has 0 unspecified atom stereocenters. The fourth-order valence-electron chi connectivity index (χ4n) is 4.67. The molecule has 0 saturated heterocycles. The third-order valence-electron chi connectivity index (χ3n) is 7.03. The quantitative estimate of drug-likeness (QED) is 0.114. The standard InChI is InChI=1S/C27H56ClP/c1-6-9-12-15-18-21-24-29(28,27(4)5,25-22-19-16-13-10-7-2)26-23-20-17-14-11-8-3/h4,6-26H2,1-3,5H3. The van der Waals surface area contributed by atoms with Gasteiger partial charge in [-0.05, 0) is 0 Å². The van der Waals surface area contributed by atoms with Gasteiger partial charge in [-0.3, -0.25) is 0 Å². The summed E-state index contributed by atoms with van der Waals surface area (Å²) in [6.45, 7) is 13.7.